The number of rotatable bonds is 10. The minimum absolute atomic E-state index is 0.427. The summed E-state index contributed by atoms with van der Waals surface area (Å²) in [5, 5.41) is 8.36. The van der Waals surface area contributed by atoms with Crippen molar-refractivity contribution in [3.8, 4) is 5.75 Å². The maximum absolute atomic E-state index is 5.90. The van der Waals surface area contributed by atoms with E-state index in [1.165, 1.54) is 24.0 Å². The molecule has 3 aromatic carbocycles. The van der Waals surface area contributed by atoms with Crippen molar-refractivity contribution >= 4 is 22.7 Å². The number of benzene rings is 3. The van der Waals surface area contributed by atoms with Crippen LogP contribution in [-0.2, 0) is 13.2 Å². The number of para-hydroxylation sites is 1. The van der Waals surface area contributed by atoms with Gasteiger partial charge in [0.05, 0.1) is 5.52 Å². The van der Waals surface area contributed by atoms with Gasteiger partial charge in [-0.05, 0) is 73.5 Å². The average molecular weight is 496 g/mol. The number of hydrogen-bond acceptors (Lipinski definition) is 6. The van der Waals surface area contributed by atoms with Crippen LogP contribution in [0.4, 0.5) is 11.8 Å². The van der Waals surface area contributed by atoms with Crippen LogP contribution in [0.3, 0.4) is 0 Å². The highest BCUT2D eigenvalue weighted by atomic mass is 16.5. The number of ether oxygens (including phenoxy) is 1. The van der Waals surface area contributed by atoms with Crippen LogP contribution in [0.2, 0.25) is 0 Å². The summed E-state index contributed by atoms with van der Waals surface area (Å²) in [6, 6.07) is 27.3. The second-order valence-electron chi connectivity index (χ2n) is 10.2. The monoisotopic (exact) mass is 495 g/mol. The van der Waals surface area contributed by atoms with Gasteiger partial charge in [0, 0.05) is 32.1 Å². The Kier molecular flexibility index (Phi) is 8.16. The van der Waals surface area contributed by atoms with E-state index in [0.29, 0.717) is 18.6 Å². The highest BCUT2D eigenvalue weighted by Gasteiger charge is 2.22. The molecule has 6 nitrogen and oxygen atoms in total. The average Bonchev–Trinajstić information content (AvgIpc) is 2.93. The molecule has 1 saturated carbocycles. The van der Waals surface area contributed by atoms with Crippen molar-refractivity contribution < 1.29 is 4.74 Å². The van der Waals surface area contributed by atoms with Crippen LogP contribution in [0.5, 0.6) is 5.75 Å². The Labute approximate surface area is 220 Å². The molecule has 37 heavy (non-hydrogen) atoms. The number of nitrogens with zero attached hydrogens (tertiary/aromatic N) is 3. The molecule has 0 radical (unpaired) electrons. The molecule has 1 aliphatic carbocycles. The van der Waals surface area contributed by atoms with Crippen molar-refractivity contribution in [1.82, 2.24) is 15.3 Å². The Morgan fingerprint density at radius 3 is 2.30 bits per heavy atom. The van der Waals surface area contributed by atoms with Crippen molar-refractivity contribution in [2.45, 2.75) is 44.9 Å². The highest BCUT2D eigenvalue weighted by molar-refractivity contribution is 5.90. The number of anilines is 2. The molecule has 0 unspecified atom stereocenters. The molecule has 5 rings (SSSR count). The lowest BCUT2D eigenvalue weighted by Crippen LogP contribution is -2.31. The van der Waals surface area contributed by atoms with Crippen LogP contribution in [0.25, 0.3) is 10.9 Å². The van der Waals surface area contributed by atoms with Crippen molar-refractivity contribution in [3.05, 3.63) is 90.0 Å². The summed E-state index contributed by atoms with van der Waals surface area (Å²) in [6.07, 6.45) is 4.72. The second kappa shape index (κ2) is 12.1. The molecule has 1 fully saturated rings. The van der Waals surface area contributed by atoms with Gasteiger partial charge in [0.1, 0.15) is 18.2 Å². The lowest BCUT2D eigenvalue weighted by molar-refractivity contribution is 0.306. The normalized spacial score (nSPS) is 17.5. The standard InChI is InChI=1S/C31H37N5O/c1-36(2)30-28-10-6-7-11-29(28)34-31(35-30)33-26-16-12-23(13-17-26)20-32-21-24-14-18-27(19-15-24)37-22-25-8-4-3-5-9-25/h3-11,14-15,18-19,23,26,32H,12-13,16-17,20-22H2,1-2H3,(H,33,34,35). The molecular formula is C31H37N5O. The fourth-order valence-electron chi connectivity index (χ4n) is 5.02. The Morgan fingerprint density at radius 1 is 0.811 bits per heavy atom. The second-order valence-corrected chi connectivity index (χ2v) is 10.2. The number of nitrogens with one attached hydrogen (secondary N) is 2. The minimum atomic E-state index is 0.427. The first-order chi connectivity index (χ1) is 18.1. The van der Waals surface area contributed by atoms with E-state index in [9.17, 15) is 0 Å². The molecule has 0 saturated heterocycles. The highest BCUT2D eigenvalue weighted by Crippen LogP contribution is 2.28. The Bertz CT molecular complexity index is 1270. The quantitative estimate of drug-likeness (QED) is 0.280. The predicted molar refractivity (Wildman–Crippen MR) is 152 cm³/mol. The molecule has 1 aromatic heterocycles. The van der Waals surface area contributed by atoms with Crippen molar-refractivity contribution in [2.75, 3.05) is 30.9 Å². The molecule has 0 spiro atoms. The largest absolute Gasteiger partial charge is 0.489 e. The molecular weight excluding hydrogens is 458 g/mol. The smallest absolute Gasteiger partial charge is 0.225 e. The molecule has 4 aromatic rings. The van der Waals surface area contributed by atoms with Gasteiger partial charge in [0.25, 0.3) is 0 Å². The third kappa shape index (κ3) is 6.77. The van der Waals surface area contributed by atoms with Crippen molar-refractivity contribution in [3.63, 3.8) is 0 Å². The molecule has 0 amide bonds. The zero-order valence-corrected chi connectivity index (χ0v) is 21.9. The van der Waals surface area contributed by atoms with Crippen LogP contribution >= 0.6 is 0 Å². The summed E-state index contributed by atoms with van der Waals surface area (Å²) in [5.74, 6) is 3.31. The molecule has 0 bridgehead atoms. The first-order valence-corrected chi connectivity index (χ1v) is 13.3. The molecule has 0 atom stereocenters. The van der Waals surface area contributed by atoms with Crippen molar-refractivity contribution in [2.24, 2.45) is 5.92 Å². The summed E-state index contributed by atoms with van der Waals surface area (Å²) in [6.45, 7) is 2.53. The van der Waals surface area contributed by atoms with Crippen molar-refractivity contribution in [1.29, 1.82) is 0 Å². The SMILES string of the molecule is CN(C)c1nc(NC2CCC(CNCc3ccc(OCc4ccccc4)cc3)CC2)nc2ccccc12. The van der Waals surface area contributed by atoms with E-state index in [0.717, 1.165) is 54.3 Å². The molecule has 192 valence electrons. The lowest BCUT2D eigenvalue weighted by Gasteiger charge is -2.29. The van der Waals surface area contributed by atoms with Gasteiger partial charge in [-0.25, -0.2) is 4.98 Å². The number of aromatic nitrogens is 2. The molecule has 1 heterocycles. The number of fused-ring (bicyclic) bond motifs is 1. The summed E-state index contributed by atoms with van der Waals surface area (Å²) < 4.78 is 5.90. The van der Waals surface area contributed by atoms with E-state index in [-0.39, 0.29) is 0 Å². The molecule has 6 heteroatoms. The van der Waals surface area contributed by atoms with E-state index >= 15 is 0 Å². The minimum Gasteiger partial charge on any atom is -0.489 e. The van der Waals surface area contributed by atoms with E-state index in [2.05, 4.69) is 64.1 Å². The predicted octanol–water partition coefficient (Wildman–Crippen LogP) is 6.04. The first-order valence-electron chi connectivity index (χ1n) is 13.3. The fraction of sp³-hybridized carbons (Fsp3) is 0.355. The molecule has 0 aliphatic heterocycles. The van der Waals surface area contributed by atoms with E-state index in [1.807, 2.05) is 44.4 Å². The van der Waals surface area contributed by atoms with Gasteiger partial charge in [0.15, 0.2) is 0 Å². The number of hydrogen-bond donors (Lipinski definition) is 2. The van der Waals surface area contributed by atoms with E-state index in [1.54, 1.807) is 0 Å². The van der Waals surface area contributed by atoms with Gasteiger partial charge in [0.2, 0.25) is 5.95 Å². The third-order valence-corrected chi connectivity index (χ3v) is 7.12. The van der Waals surface area contributed by atoms with Gasteiger partial charge in [-0.3, -0.25) is 0 Å². The van der Waals surface area contributed by atoms with Gasteiger partial charge in [-0.2, -0.15) is 4.98 Å². The summed E-state index contributed by atoms with van der Waals surface area (Å²) in [7, 11) is 4.07. The van der Waals surface area contributed by atoms with Crippen LogP contribution < -0.4 is 20.3 Å². The summed E-state index contributed by atoms with van der Waals surface area (Å²) in [5.41, 5.74) is 3.45. The Balaban J connectivity index is 1.05. The van der Waals surface area contributed by atoms with Gasteiger partial charge in [-0.15, -0.1) is 0 Å². The first kappa shape index (κ1) is 25.0. The Morgan fingerprint density at radius 2 is 1.54 bits per heavy atom. The lowest BCUT2D eigenvalue weighted by atomic mass is 9.86. The zero-order chi connectivity index (χ0) is 25.5. The molecule has 2 N–H and O–H groups in total. The van der Waals surface area contributed by atoms with Gasteiger partial charge < -0.3 is 20.3 Å². The van der Waals surface area contributed by atoms with Gasteiger partial charge >= 0.3 is 0 Å². The zero-order valence-electron chi connectivity index (χ0n) is 21.9. The van der Waals surface area contributed by atoms with E-state index < -0.39 is 0 Å². The summed E-state index contributed by atoms with van der Waals surface area (Å²) >= 11 is 0. The Hall–Kier alpha value is -3.64. The fourth-order valence-corrected chi connectivity index (χ4v) is 5.02. The van der Waals surface area contributed by atoms with Crippen LogP contribution in [-0.4, -0.2) is 36.6 Å². The summed E-state index contributed by atoms with van der Waals surface area (Å²) in [4.78, 5) is 11.6. The maximum Gasteiger partial charge on any atom is 0.225 e. The third-order valence-electron chi connectivity index (χ3n) is 7.12. The van der Waals surface area contributed by atoms with Crippen LogP contribution in [0.1, 0.15) is 36.8 Å². The van der Waals surface area contributed by atoms with Crippen LogP contribution in [0, 0.1) is 5.92 Å². The van der Waals surface area contributed by atoms with E-state index in [4.69, 9.17) is 14.7 Å². The van der Waals surface area contributed by atoms with Gasteiger partial charge in [-0.1, -0.05) is 54.6 Å². The maximum atomic E-state index is 5.90. The molecule has 1 aliphatic rings. The topological polar surface area (TPSA) is 62.3 Å². The van der Waals surface area contributed by atoms with Crippen LogP contribution in [0.15, 0.2) is 78.9 Å².